The Bertz CT molecular complexity index is 366. The van der Waals surface area contributed by atoms with Crippen molar-refractivity contribution in [3.05, 3.63) is 23.8 Å². The molecule has 0 radical (unpaired) electrons. The highest BCUT2D eigenvalue weighted by Gasteiger charge is 2.21. The number of carbonyl (C=O) groups excluding carboxylic acids is 1. The van der Waals surface area contributed by atoms with Crippen LogP contribution in [0.25, 0.3) is 0 Å². The molecule has 15 heavy (non-hydrogen) atoms. The number of amides is 1. The summed E-state index contributed by atoms with van der Waals surface area (Å²) in [6.45, 7) is 6.37. The predicted molar refractivity (Wildman–Crippen MR) is 66.0 cm³/mol. The summed E-state index contributed by atoms with van der Waals surface area (Å²) in [4.78, 5) is 13.0. The summed E-state index contributed by atoms with van der Waals surface area (Å²) in [5.41, 5.74) is 8.61. The van der Waals surface area contributed by atoms with Gasteiger partial charge in [-0.3, -0.25) is 4.79 Å². The third kappa shape index (κ3) is 2.29. The minimum Gasteiger partial charge on any atom is -0.399 e. The van der Waals surface area contributed by atoms with Crippen LogP contribution in [0.5, 0.6) is 0 Å². The van der Waals surface area contributed by atoms with Crippen molar-refractivity contribution in [2.75, 3.05) is 17.2 Å². The first kappa shape index (κ1) is 11.6. The quantitative estimate of drug-likeness (QED) is 0.666. The van der Waals surface area contributed by atoms with Crippen molar-refractivity contribution in [2.45, 2.75) is 27.2 Å². The summed E-state index contributed by atoms with van der Waals surface area (Å²) in [7, 11) is 0. The first-order valence-electron chi connectivity index (χ1n) is 5.35. The second kappa shape index (κ2) is 4.82. The zero-order valence-electron chi connectivity index (χ0n) is 9.58. The topological polar surface area (TPSA) is 46.3 Å². The molecule has 1 amide bonds. The maximum absolute atomic E-state index is 11.2. The molecule has 0 spiro atoms. The number of fused-ring (bicyclic) bond motifs is 1. The molecular weight excluding hydrogens is 188 g/mol. The maximum Gasteiger partial charge on any atom is 0.223 e. The average Bonchev–Trinajstić information content (AvgIpc) is 2.63. The van der Waals surface area contributed by atoms with E-state index in [9.17, 15) is 4.79 Å². The fourth-order valence-electron chi connectivity index (χ4n) is 1.75. The molecule has 1 aliphatic heterocycles. The number of hydrogen-bond donors (Lipinski definition) is 1. The lowest BCUT2D eigenvalue weighted by atomic mass is 10.1. The lowest BCUT2D eigenvalue weighted by Crippen LogP contribution is -2.25. The number of nitrogens with zero attached hydrogens (tertiary/aromatic N) is 1. The number of nitrogens with two attached hydrogens (primary N) is 1. The van der Waals surface area contributed by atoms with Crippen LogP contribution in [0.15, 0.2) is 18.2 Å². The molecule has 0 fully saturated rings. The summed E-state index contributed by atoms with van der Waals surface area (Å²) in [5.74, 6) is 0.100. The fraction of sp³-hybridized carbons (Fsp3) is 0.417. The van der Waals surface area contributed by atoms with E-state index in [1.807, 2.05) is 32.0 Å². The van der Waals surface area contributed by atoms with Gasteiger partial charge in [0.2, 0.25) is 5.91 Å². The van der Waals surface area contributed by atoms with Crippen molar-refractivity contribution >= 4 is 17.3 Å². The summed E-state index contributed by atoms with van der Waals surface area (Å²) in [5, 5.41) is 0. The maximum atomic E-state index is 11.2. The molecule has 3 heteroatoms. The highest BCUT2D eigenvalue weighted by atomic mass is 16.2. The number of benzene rings is 1. The van der Waals surface area contributed by atoms with E-state index in [0.717, 1.165) is 24.3 Å². The molecule has 0 bridgehead atoms. The van der Waals surface area contributed by atoms with Crippen molar-refractivity contribution in [2.24, 2.45) is 0 Å². The van der Waals surface area contributed by atoms with Crippen LogP contribution >= 0.6 is 0 Å². The highest BCUT2D eigenvalue weighted by molar-refractivity contribution is 5.94. The molecule has 3 nitrogen and oxygen atoms in total. The van der Waals surface area contributed by atoms with Crippen molar-refractivity contribution < 1.29 is 6.22 Å². The Labute approximate surface area is 92.4 Å². The Morgan fingerprint density at radius 2 is 2.13 bits per heavy atom. The first-order chi connectivity index (χ1) is 7.18. The van der Waals surface area contributed by atoms with Gasteiger partial charge >= 0.3 is 0 Å². The van der Waals surface area contributed by atoms with Crippen LogP contribution in [0, 0.1) is 0 Å². The number of hydrogen-bond acceptors (Lipinski definition) is 2. The van der Waals surface area contributed by atoms with Gasteiger partial charge in [0.15, 0.2) is 0 Å². The van der Waals surface area contributed by atoms with Gasteiger partial charge in [-0.25, -0.2) is 0 Å². The number of anilines is 2. The van der Waals surface area contributed by atoms with Crippen LogP contribution in [-0.4, -0.2) is 12.5 Å². The van der Waals surface area contributed by atoms with Crippen LogP contribution < -0.4 is 10.6 Å². The van der Waals surface area contributed by atoms with Gasteiger partial charge in [-0.2, -0.15) is 0 Å². The smallest absolute Gasteiger partial charge is 0.223 e. The highest BCUT2D eigenvalue weighted by Crippen LogP contribution is 2.29. The number of nitrogen functional groups attached to an aromatic ring is 1. The van der Waals surface area contributed by atoms with E-state index in [2.05, 4.69) is 0 Å². The Morgan fingerprint density at radius 1 is 1.47 bits per heavy atom. The molecule has 0 unspecified atom stereocenters. The SMILES string of the molecule is CC.CC(=O)N1CCc2cc(N)ccc21.[HH]. The molecule has 0 saturated carbocycles. The van der Waals surface area contributed by atoms with E-state index in [1.54, 1.807) is 11.8 Å². The van der Waals surface area contributed by atoms with Crippen LogP contribution in [0.2, 0.25) is 0 Å². The first-order valence-corrected chi connectivity index (χ1v) is 5.35. The summed E-state index contributed by atoms with van der Waals surface area (Å²) in [6, 6.07) is 5.69. The van der Waals surface area contributed by atoms with Crippen LogP contribution in [0.1, 0.15) is 27.8 Å². The molecule has 2 rings (SSSR count). The van der Waals surface area contributed by atoms with Gasteiger partial charge in [0.05, 0.1) is 0 Å². The third-order valence-electron chi connectivity index (χ3n) is 2.38. The van der Waals surface area contributed by atoms with Gasteiger partial charge in [0, 0.05) is 26.3 Å². The van der Waals surface area contributed by atoms with Crippen molar-refractivity contribution in [3.63, 3.8) is 0 Å². The van der Waals surface area contributed by atoms with Gasteiger partial charge in [0.1, 0.15) is 0 Å². The summed E-state index contributed by atoms with van der Waals surface area (Å²) in [6.07, 6.45) is 0.917. The van der Waals surface area contributed by atoms with E-state index in [1.165, 1.54) is 5.56 Å². The molecule has 1 aromatic rings. The standard InChI is InChI=1S/C10H12N2O.C2H6.H2/c1-7(13)12-5-4-8-6-9(11)2-3-10(8)12;1-2;/h2-3,6H,4-5,11H2,1H3;1-2H3;1H. The normalized spacial score (nSPS) is 12.9. The van der Waals surface area contributed by atoms with Gasteiger partial charge < -0.3 is 10.6 Å². The Hall–Kier alpha value is -1.51. The van der Waals surface area contributed by atoms with Gasteiger partial charge in [-0.05, 0) is 30.2 Å². The van der Waals surface area contributed by atoms with Gasteiger partial charge in [-0.1, -0.05) is 13.8 Å². The minimum absolute atomic E-state index is 0. The van der Waals surface area contributed by atoms with Gasteiger partial charge in [-0.15, -0.1) is 0 Å². The minimum atomic E-state index is 0. The molecule has 0 saturated heterocycles. The zero-order chi connectivity index (χ0) is 11.4. The van der Waals surface area contributed by atoms with Crippen molar-refractivity contribution in [1.82, 2.24) is 0 Å². The molecule has 1 heterocycles. The Kier molecular flexibility index (Phi) is 3.72. The second-order valence-corrected chi connectivity index (χ2v) is 3.31. The van der Waals surface area contributed by atoms with E-state index < -0.39 is 0 Å². The molecule has 0 atom stereocenters. The van der Waals surface area contributed by atoms with Crippen LogP contribution in [-0.2, 0) is 11.2 Å². The second-order valence-electron chi connectivity index (χ2n) is 3.31. The van der Waals surface area contributed by atoms with Crippen LogP contribution in [0.4, 0.5) is 11.4 Å². The van der Waals surface area contributed by atoms with Crippen LogP contribution in [0.3, 0.4) is 0 Å². The lowest BCUT2D eigenvalue weighted by molar-refractivity contribution is -0.116. The largest absolute Gasteiger partial charge is 0.399 e. The molecule has 1 aliphatic rings. The van der Waals surface area contributed by atoms with Gasteiger partial charge in [0.25, 0.3) is 0 Å². The molecule has 1 aromatic carbocycles. The van der Waals surface area contributed by atoms with Crippen molar-refractivity contribution in [1.29, 1.82) is 0 Å². The molecule has 0 aliphatic carbocycles. The van der Waals surface area contributed by atoms with Crippen molar-refractivity contribution in [3.8, 4) is 0 Å². The van der Waals surface area contributed by atoms with E-state index in [-0.39, 0.29) is 7.33 Å². The Balaban J connectivity index is 0.000000711. The van der Waals surface area contributed by atoms with E-state index in [4.69, 9.17) is 5.73 Å². The summed E-state index contributed by atoms with van der Waals surface area (Å²) < 4.78 is 0. The molecule has 84 valence electrons. The lowest BCUT2D eigenvalue weighted by Gasteiger charge is -2.14. The molecule has 0 aromatic heterocycles. The molecular formula is C12H20N2O. The monoisotopic (exact) mass is 208 g/mol. The average molecular weight is 208 g/mol. The fourth-order valence-corrected chi connectivity index (χ4v) is 1.75. The number of carbonyl (C=O) groups is 1. The summed E-state index contributed by atoms with van der Waals surface area (Å²) >= 11 is 0. The van der Waals surface area contributed by atoms with E-state index in [0.29, 0.717) is 0 Å². The number of rotatable bonds is 0. The molecule has 2 N–H and O–H groups in total. The van der Waals surface area contributed by atoms with E-state index >= 15 is 0 Å². The Morgan fingerprint density at radius 3 is 2.73 bits per heavy atom. The predicted octanol–water partition coefficient (Wildman–Crippen LogP) is 2.45. The zero-order valence-corrected chi connectivity index (χ0v) is 9.58. The third-order valence-corrected chi connectivity index (χ3v) is 2.38.